The lowest BCUT2D eigenvalue weighted by molar-refractivity contribution is -0.114. The first-order valence-corrected chi connectivity index (χ1v) is 9.06. The van der Waals surface area contributed by atoms with Gasteiger partial charge in [0, 0.05) is 28.6 Å². The SMILES string of the molecule is C=CC(=O)N1CCc2ccc(Nc3ncnc(Nc4cccc(Cl)c4)n3)cc21. The van der Waals surface area contributed by atoms with Crippen molar-refractivity contribution in [3.05, 3.63) is 72.0 Å². The van der Waals surface area contributed by atoms with Gasteiger partial charge in [-0.1, -0.05) is 30.3 Å². The summed E-state index contributed by atoms with van der Waals surface area (Å²) >= 11 is 6.00. The topological polar surface area (TPSA) is 83.0 Å². The molecule has 4 rings (SSSR count). The van der Waals surface area contributed by atoms with Gasteiger partial charge >= 0.3 is 0 Å². The lowest BCUT2D eigenvalue weighted by atomic mass is 10.1. The predicted octanol–water partition coefficient (Wildman–Crippen LogP) is 4.09. The first-order chi connectivity index (χ1) is 13.6. The zero-order valence-corrected chi connectivity index (χ0v) is 15.6. The number of carbonyl (C=O) groups excluding carboxylic acids is 1. The number of halogens is 1. The minimum Gasteiger partial charge on any atom is -0.324 e. The molecule has 140 valence electrons. The highest BCUT2D eigenvalue weighted by Gasteiger charge is 2.23. The zero-order valence-electron chi connectivity index (χ0n) is 14.9. The molecule has 2 heterocycles. The number of nitrogens with one attached hydrogen (secondary N) is 2. The number of hydrogen-bond donors (Lipinski definition) is 2. The highest BCUT2D eigenvalue weighted by molar-refractivity contribution is 6.30. The van der Waals surface area contributed by atoms with E-state index in [-0.39, 0.29) is 5.91 Å². The summed E-state index contributed by atoms with van der Waals surface area (Å²) in [7, 11) is 0. The van der Waals surface area contributed by atoms with E-state index in [0.717, 1.165) is 29.0 Å². The largest absolute Gasteiger partial charge is 0.324 e. The van der Waals surface area contributed by atoms with Gasteiger partial charge in [-0.25, -0.2) is 9.97 Å². The van der Waals surface area contributed by atoms with Crippen LogP contribution in [0.25, 0.3) is 0 Å². The molecule has 0 bridgehead atoms. The maximum atomic E-state index is 12.0. The summed E-state index contributed by atoms with van der Waals surface area (Å²) in [4.78, 5) is 26.4. The lowest BCUT2D eigenvalue weighted by Gasteiger charge is -2.16. The fourth-order valence-corrected chi connectivity index (χ4v) is 3.23. The molecule has 28 heavy (non-hydrogen) atoms. The number of rotatable bonds is 5. The van der Waals surface area contributed by atoms with Crippen molar-refractivity contribution in [2.45, 2.75) is 6.42 Å². The molecule has 1 aliphatic rings. The number of benzene rings is 2. The van der Waals surface area contributed by atoms with Crippen molar-refractivity contribution in [2.24, 2.45) is 0 Å². The minimum absolute atomic E-state index is 0.107. The third kappa shape index (κ3) is 3.79. The van der Waals surface area contributed by atoms with Crippen molar-refractivity contribution in [3.63, 3.8) is 0 Å². The molecule has 0 aliphatic carbocycles. The van der Waals surface area contributed by atoms with Crippen LogP contribution in [0.5, 0.6) is 0 Å². The summed E-state index contributed by atoms with van der Waals surface area (Å²) in [6, 6.07) is 13.1. The average molecular weight is 393 g/mol. The normalized spacial score (nSPS) is 12.4. The second-order valence-corrected chi connectivity index (χ2v) is 6.62. The van der Waals surface area contributed by atoms with E-state index in [4.69, 9.17) is 11.6 Å². The molecule has 2 N–H and O–H groups in total. The van der Waals surface area contributed by atoms with E-state index in [0.29, 0.717) is 23.5 Å². The number of nitrogens with zero attached hydrogens (tertiary/aromatic N) is 4. The number of carbonyl (C=O) groups is 1. The van der Waals surface area contributed by atoms with Crippen LogP contribution in [0.2, 0.25) is 5.02 Å². The lowest BCUT2D eigenvalue weighted by Crippen LogP contribution is -2.26. The molecule has 0 radical (unpaired) electrons. The molecule has 1 aliphatic heterocycles. The monoisotopic (exact) mass is 392 g/mol. The standard InChI is InChI=1S/C20H17ClN6O/c1-2-18(28)27-9-8-13-6-7-16(11-17(13)27)25-20-23-12-22-19(26-20)24-15-5-3-4-14(21)10-15/h2-7,10-12H,1,8-9H2,(H2,22,23,24,25,26). The molecule has 2 aromatic carbocycles. The van der Waals surface area contributed by atoms with Crippen LogP contribution in [0.4, 0.5) is 29.0 Å². The Morgan fingerprint density at radius 1 is 1.11 bits per heavy atom. The number of anilines is 5. The van der Waals surface area contributed by atoms with Crippen molar-refractivity contribution in [1.82, 2.24) is 15.0 Å². The van der Waals surface area contributed by atoms with E-state index in [1.807, 2.05) is 30.3 Å². The number of aromatic nitrogens is 3. The van der Waals surface area contributed by atoms with Crippen LogP contribution in [0.15, 0.2) is 61.4 Å². The van der Waals surface area contributed by atoms with Gasteiger partial charge in [0.2, 0.25) is 17.8 Å². The van der Waals surface area contributed by atoms with Crippen LogP contribution in [-0.2, 0) is 11.2 Å². The van der Waals surface area contributed by atoms with Gasteiger partial charge in [-0.15, -0.1) is 0 Å². The summed E-state index contributed by atoms with van der Waals surface area (Å²) < 4.78 is 0. The van der Waals surface area contributed by atoms with Crippen LogP contribution in [-0.4, -0.2) is 27.4 Å². The van der Waals surface area contributed by atoms with Crippen molar-refractivity contribution < 1.29 is 4.79 Å². The van der Waals surface area contributed by atoms with Gasteiger partial charge in [0.15, 0.2) is 0 Å². The molecule has 0 spiro atoms. The number of fused-ring (bicyclic) bond motifs is 1. The Hall–Kier alpha value is -3.45. The van der Waals surface area contributed by atoms with Crippen molar-refractivity contribution >= 4 is 46.5 Å². The highest BCUT2D eigenvalue weighted by Crippen LogP contribution is 2.31. The highest BCUT2D eigenvalue weighted by atomic mass is 35.5. The second kappa shape index (κ2) is 7.66. The van der Waals surface area contributed by atoms with Crippen LogP contribution in [0.3, 0.4) is 0 Å². The van der Waals surface area contributed by atoms with Gasteiger partial charge in [-0.05, 0) is 48.4 Å². The third-order valence-electron chi connectivity index (χ3n) is 4.33. The van der Waals surface area contributed by atoms with Crippen molar-refractivity contribution in [3.8, 4) is 0 Å². The van der Waals surface area contributed by atoms with E-state index >= 15 is 0 Å². The summed E-state index contributed by atoms with van der Waals surface area (Å²) in [5.41, 5.74) is 3.56. The van der Waals surface area contributed by atoms with Gasteiger partial charge in [-0.2, -0.15) is 4.98 Å². The molecule has 3 aromatic rings. The Balaban J connectivity index is 1.54. The maximum absolute atomic E-state index is 12.0. The Kier molecular flexibility index (Phi) is 4.90. The maximum Gasteiger partial charge on any atom is 0.250 e. The van der Waals surface area contributed by atoms with Crippen molar-refractivity contribution in [1.29, 1.82) is 0 Å². The second-order valence-electron chi connectivity index (χ2n) is 6.18. The quantitative estimate of drug-likeness (QED) is 0.636. The molecule has 1 aromatic heterocycles. The fraction of sp³-hybridized carbons (Fsp3) is 0.100. The van der Waals surface area contributed by atoms with Gasteiger partial charge in [0.1, 0.15) is 6.33 Å². The first-order valence-electron chi connectivity index (χ1n) is 8.68. The molecule has 7 nitrogen and oxygen atoms in total. The minimum atomic E-state index is -0.107. The van der Waals surface area contributed by atoms with Crippen LogP contribution < -0.4 is 15.5 Å². The Labute approximate surface area is 167 Å². The molecule has 0 atom stereocenters. The van der Waals surface area contributed by atoms with Gasteiger partial charge in [0.05, 0.1) is 0 Å². The molecule has 0 unspecified atom stereocenters. The summed E-state index contributed by atoms with van der Waals surface area (Å²) in [6.07, 6.45) is 3.58. The molecule has 0 saturated heterocycles. The first kappa shape index (κ1) is 17.9. The van der Waals surface area contributed by atoms with E-state index in [2.05, 4.69) is 32.2 Å². The Morgan fingerprint density at radius 2 is 1.86 bits per heavy atom. The van der Waals surface area contributed by atoms with Crippen LogP contribution >= 0.6 is 11.6 Å². The van der Waals surface area contributed by atoms with Crippen LogP contribution in [0, 0.1) is 0 Å². The van der Waals surface area contributed by atoms with E-state index in [1.165, 1.54) is 12.4 Å². The van der Waals surface area contributed by atoms with E-state index < -0.39 is 0 Å². The average Bonchev–Trinajstić information content (AvgIpc) is 3.11. The van der Waals surface area contributed by atoms with E-state index in [9.17, 15) is 4.79 Å². The van der Waals surface area contributed by atoms with Gasteiger partial charge in [-0.3, -0.25) is 4.79 Å². The molecular formula is C20H17ClN6O. The predicted molar refractivity (Wildman–Crippen MR) is 111 cm³/mol. The number of hydrogen-bond acceptors (Lipinski definition) is 6. The Bertz CT molecular complexity index is 1050. The fourth-order valence-electron chi connectivity index (χ4n) is 3.04. The summed E-state index contributed by atoms with van der Waals surface area (Å²) in [5.74, 6) is 0.674. The molecule has 0 saturated carbocycles. The Morgan fingerprint density at radius 3 is 2.57 bits per heavy atom. The smallest absolute Gasteiger partial charge is 0.250 e. The van der Waals surface area contributed by atoms with Gasteiger partial charge in [0.25, 0.3) is 0 Å². The summed E-state index contributed by atoms with van der Waals surface area (Å²) in [5, 5.41) is 6.87. The third-order valence-corrected chi connectivity index (χ3v) is 4.57. The zero-order chi connectivity index (χ0) is 19.5. The van der Waals surface area contributed by atoms with Gasteiger partial charge < -0.3 is 15.5 Å². The van der Waals surface area contributed by atoms with E-state index in [1.54, 1.807) is 17.0 Å². The molecule has 8 heteroatoms. The molecular weight excluding hydrogens is 376 g/mol. The van der Waals surface area contributed by atoms with Crippen LogP contribution in [0.1, 0.15) is 5.56 Å². The number of amides is 1. The van der Waals surface area contributed by atoms with Crippen molar-refractivity contribution in [2.75, 3.05) is 22.1 Å². The molecule has 1 amide bonds. The molecule has 0 fully saturated rings. The summed E-state index contributed by atoms with van der Waals surface area (Å²) in [6.45, 7) is 4.22.